The SMILES string of the molecule is CC(=O)Nc1ccc(N=Cc2cc(Cl)ccc2O)cc1. The van der Waals surface area contributed by atoms with Crippen molar-refractivity contribution in [2.45, 2.75) is 6.92 Å². The van der Waals surface area contributed by atoms with E-state index in [0.717, 1.165) is 0 Å². The molecule has 2 aromatic rings. The molecule has 5 heteroatoms. The van der Waals surface area contributed by atoms with E-state index in [9.17, 15) is 9.90 Å². The third-order valence-electron chi connectivity index (χ3n) is 2.53. The van der Waals surface area contributed by atoms with Crippen LogP contribution in [0.25, 0.3) is 0 Å². The Morgan fingerprint density at radius 1 is 1.25 bits per heavy atom. The minimum Gasteiger partial charge on any atom is -0.507 e. The summed E-state index contributed by atoms with van der Waals surface area (Å²) < 4.78 is 0. The molecule has 2 N–H and O–H groups in total. The van der Waals surface area contributed by atoms with Crippen molar-refractivity contribution in [3.05, 3.63) is 53.1 Å². The molecule has 20 heavy (non-hydrogen) atoms. The Kier molecular flexibility index (Phi) is 4.38. The molecule has 2 aromatic carbocycles. The van der Waals surface area contributed by atoms with Crippen molar-refractivity contribution in [2.75, 3.05) is 5.32 Å². The zero-order chi connectivity index (χ0) is 14.5. The van der Waals surface area contributed by atoms with Crippen LogP contribution in [0.3, 0.4) is 0 Å². The van der Waals surface area contributed by atoms with Gasteiger partial charge in [-0.3, -0.25) is 9.79 Å². The number of hydrogen-bond acceptors (Lipinski definition) is 3. The Bertz CT molecular complexity index is 651. The van der Waals surface area contributed by atoms with Gasteiger partial charge in [0, 0.05) is 29.4 Å². The highest BCUT2D eigenvalue weighted by atomic mass is 35.5. The molecular formula is C15H13ClN2O2. The number of aliphatic imine (C=N–C) groups is 1. The minimum atomic E-state index is -0.120. The third-order valence-corrected chi connectivity index (χ3v) is 2.77. The smallest absolute Gasteiger partial charge is 0.221 e. The average molecular weight is 289 g/mol. The topological polar surface area (TPSA) is 61.7 Å². The number of benzene rings is 2. The second-order valence-corrected chi connectivity index (χ2v) is 4.63. The van der Waals surface area contributed by atoms with Crippen LogP contribution < -0.4 is 5.32 Å². The van der Waals surface area contributed by atoms with Gasteiger partial charge in [-0.1, -0.05) is 11.6 Å². The summed E-state index contributed by atoms with van der Waals surface area (Å²) in [6.45, 7) is 1.45. The number of amides is 1. The second kappa shape index (κ2) is 6.21. The molecule has 0 heterocycles. The molecule has 0 radical (unpaired) electrons. The lowest BCUT2D eigenvalue weighted by atomic mass is 10.2. The molecule has 0 saturated carbocycles. The van der Waals surface area contributed by atoms with Gasteiger partial charge in [-0.25, -0.2) is 0 Å². The van der Waals surface area contributed by atoms with Gasteiger partial charge in [-0.05, 0) is 42.5 Å². The van der Waals surface area contributed by atoms with Gasteiger partial charge in [-0.2, -0.15) is 0 Å². The van der Waals surface area contributed by atoms with E-state index in [4.69, 9.17) is 11.6 Å². The van der Waals surface area contributed by atoms with Crippen LogP contribution in [0.4, 0.5) is 11.4 Å². The van der Waals surface area contributed by atoms with E-state index in [1.807, 2.05) is 0 Å². The van der Waals surface area contributed by atoms with E-state index in [0.29, 0.717) is 22.0 Å². The van der Waals surface area contributed by atoms with Crippen LogP contribution >= 0.6 is 11.6 Å². The van der Waals surface area contributed by atoms with Gasteiger partial charge in [0.15, 0.2) is 0 Å². The van der Waals surface area contributed by atoms with Crippen LogP contribution in [0.15, 0.2) is 47.5 Å². The van der Waals surface area contributed by atoms with Crippen LogP contribution in [0.5, 0.6) is 5.75 Å². The highest BCUT2D eigenvalue weighted by molar-refractivity contribution is 6.30. The lowest BCUT2D eigenvalue weighted by Gasteiger charge is -2.02. The van der Waals surface area contributed by atoms with Crippen LogP contribution in [0.1, 0.15) is 12.5 Å². The Hall–Kier alpha value is -2.33. The standard InChI is InChI=1S/C15H13ClN2O2/c1-10(19)18-14-5-3-13(4-6-14)17-9-11-8-12(16)2-7-15(11)20/h2-9,20H,1H3,(H,18,19). The van der Waals surface area contributed by atoms with E-state index in [1.54, 1.807) is 36.4 Å². The van der Waals surface area contributed by atoms with Gasteiger partial charge in [0.1, 0.15) is 5.75 Å². The summed E-state index contributed by atoms with van der Waals surface area (Å²) in [5.41, 5.74) is 1.96. The fourth-order valence-electron chi connectivity index (χ4n) is 1.61. The van der Waals surface area contributed by atoms with Gasteiger partial charge in [-0.15, -0.1) is 0 Å². The van der Waals surface area contributed by atoms with Gasteiger partial charge < -0.3 is 10.4 Å². The maximum atomic E-state index is 10.9. The molecule has 2 rings (SSSR count). The molecule has 102 valence electrons. The number of phenols is 1. The van der Waals surface area contributed by atoms with E-state index >= 15 is 0 Å². The van der Waals surface area contributed by atoms with E-state index < -0.39 is 0 Å². The first-order valence-electron chi connectivity index (χ1n) is 5.95. The van der Waals surface area contributed by atoms with Crippen molar-refractivity contribution >= 4 is 35.1 Å². The number of carbonyl (C=O) groups is 1. The number of carbonyl (C=O) groups excluding carboxylic acids is 1. The monoisotopic (exact) mass is 288 g/mol. The molecule has 0 fully saturated rings. The van der Waals surface area contributed by atoms with Crippen LogP contribution in [0, 0.1) is 0 Å². The fraction of sp³-hybridized carbons (Fsp3) is 0.0667. The molecule has 0 saturated heterocycles. The molecule has 0 aliphatic carbocycles. The van der Waals surface area contributed by atoms with Crippen molar-refractivity contribution in [1.82, 2.24) is 0 Å². The Balaban J connectivity index is 2.15. The normalized spacial score (nSPS) is 10.7. The number of rotatable bonds is 3. The third kappa shape index (κ3) is 3.83. The number of phenolic OH excluding ortho intramolecular Hbond substituents is 1. The van der Waals surface area contributed by atoms with Gasteiger partial charge in [0.25, 0.3) is 0 Å². The first-order valence-corrected chi connectivity index (χ1v) is 6.32. The predicted molar refractivity (Wildman–Crippen MR) is 81.1 cm³/mol. The van der Waals surface area contributed by atoms with Crippen LogP contribution in [0.2, 0.25) is 5.02 Å². The fourth-order valence-corrected chi connectivity index (χ4v) is 1.79. The van der Waals surface area contributed by atoms with Gasteiger partial charge >= 0.3 is 0 Å². The number of anilines is 1. The quantitative estimate of drug-likeness (QED) is 0.845. The zero-order valence-electron chi connectivity index (χ0n) is 10.8. The molecule has 0 bridgehead atoms. The molecule has 0 unspecified atom stereocenters. The summed E-state index contributed by atoms with van der Waals surface area (Å²) in [7, 11) is 0. The van der Waals surface area contributed by atoms with Gasteiger partial charge in [0.05, 0.1) is 5.69 Å². The summed E-state index contributed by atoms with van der Waals surface area (Å²) in [6, 6.07) is 11.8. The lowest BCUT2D eigenvalue weighted by Crippen LogP contribution is -2.04. The van der Waals surface area contributed by atoms with Crippen molar-refractivity contribution in [3.8, 4) is 5.75 Å². The largest absolute Gasteiger partial charge is 0.507 e. The molecule has 1 amide bonds. The zero-order valence-corrected chi connectivity index (χ0v) is 11.6. The molecule has 0 atom stereocenters. The van der Waals surface area contributed by atoms with Crippen molar-refractivity contribution in [2.24, 2.45) is 4.99 Å². The lowest BCUT2D eigenvalue weighted by molar-refractivity contribution is -0.114. The summed E-state index contributed by atoms with van der Waals surface area (Å²) in [6.07, 6.45) is 1.54. The number of hydrogen-bond donors (Lipinski definition) is 2. The van der Waals surface area contributed by atoms with E-state index in [1.165, 1.54) is 19.2 Å². The number of halogens is 1. The number of nitrogens with zero attached hydrogens (tertiary/aromatic N) is 1. The summed E-state index contributed by atoms with van der Waals surface area (Å²) in [5.74, 6) is -0.00174. The highest BCUT2D eigenvalue weighted by Crippen LogP contribution is 2.21. The summed E-state index contributed by atoms with van der Waals surface area (Å²) >= 11 is 5.85. The second-order valence-electron chi connectivity index (χ2n) is 4.19. The van der Waals surface area contributed by atoms with E-state index in [-0.39, 0.29) is 11.7 Å². The highest BCUT2D eigenvalue weighted by Gasteiger charge is 1.99. The molecular weight excluding hydrogens is 276 g/mol. The molecule has 0 aliphatic heterocycles. The maximum absolute atomic E-state index is 10.9. The van der Waals surface area contributed by atoms with Crippen molar-refractivity contribution < 1.29 is 9.90 Å². The number of nitrogens with one attached hydrogen (secondary N) is 1. The first-order chi connectivity index (χ1) is 9.54. The molecule has 0 spiro atoms. The van der Waals surface area contributed by atoms with E-state index in [2.05, 4.69) is 10.3 Å². The molecule has 4 nitrogen and oxygen atoms in total. The first kappa shape index (κ1) is 14.1. The van der Waals surface area contributed by atoms with Crippen LogP contribution in [-0.2, 0) is 4.79 Å². The summed E-state index contributed by atoms with van der Waals surface area (Å²) in [4.78, 5) is 15.1. The Morgan fingerprint density at radius 2 is 1.95 bits per heavy atom. The molecule has 0 aliphatic rings. The van der Waals surface area contributed by atoms with Crippen LogP contribution in [-0.4, -0.2) is 17.2 Å². The predicted octanol–water partition coefficient (Wildman–Crippen LogP) is 3.75. The number of aromatic hydroxyl groups is 1. The minimum absolute atomic E-state index is 0.119. The van der Waals surface area contributed by atoms with Crippen molar-refractivity contribution in [3.63, 3.8) is 0 Å². The Labute approximate surface area is 121 Å². The van der Waals surface area contributed by atoms with Gasteiger partial charge in [0.2, 0.25) is 5.91 Å². The average Bonchev–Trinajstić information content (AvgIpc) is 2.41. The Morgan fingerprint density at radius 3 is 2.60 bits per heavy atom. The summed E-state index contributed by atoms with van der Waals surface area (Å²) in [5, 5.41) is 12.9. The maximum Gasteiger partial charge on any atom is 0.221 e. The van der Waals surface area contributed by atoms with Crippen molar-refractivity contribution in [1.29, 1.82) is 0 Å². The molecule has 0 aromatic heterocycles.